The molecule has 0 aliphatic rings. The van der Waals surface area contributed by atoms with Gasteiger partial charge < -0.3 is 14.6 Å². The Morgan fingerprint density at radius 2 is 2.17 bits per heavy atom. The van der Waals surface area contributed by atoms with E-state index in [9.17, 15) is 9.36 Å². The maximum absolute atomic E-state index is 10.7. The summed E-state index contributed by atoms with van der Waals surface area (Å²) < 4.78 is 10.7. The third-order valence-electron chi connectivity index (χ3n) is 1.36. The van der Waals surface area contributed by atoms with Crippen molar-refractivity contribution in [2.24, 2.45) is 5.90 Å². The van der Waals surface area contributed by atoms with Gasteiger partial charge in [-0.25, -0.2) is 4.79 Å². The summed E-state index contributed by atoms with van der Waals surface area (Å²) in [6.45, 7) is 1.70. The van der Waals surface area contributed by atoms with Gasteiger partial charge in [-0.1, -0.05) is 13.3 Å². The van der Waals surface area contributed by atoms with Gasteiger partial charge in [0, 0.05) is 0 Å². The Labute approximate surface area is 69.8 Å². The van der Waals surface area contributed by atoms with Crippen molar-refractivity contribution in [1.82, 2.24) is 0 Å². The predicted octanol–water partition coefficient (Wildman–Crippen LogP) is -0.250. The van der Waals surface area contributed by atoms with E-state index < -0.39 is 19.2 Å². The summed E-state index contributed by atoms with van der Waals surface area (Å²) in [6.07, 6.45) is 0.547. The summed E-state index contributed by atoms with van der Waals surface area (Å²) in [5.41, 5.74) is -1.42. The van der Waals surface area contributed by atoms with Crippen molar-refractivity contribution in [3.8, 4) is 0 Å². The number of hydrogen-bond acceptors (Lipinski definition) is 4. The standard InChI is InChI=1S/C5H12NO5P/c1-2-3-4(5(7)11-6)12(8,9)10/h4H,2-3,6H2,1H3,(H2,8,9,10). The van der Waals surface area contributed by atoms with Crippen LogP contribution in [0.3, 0.4) is 0 Å². The third-order valence-corrected chi connectivity index (χ3v) is 2.64. The highest BCUT2D eigenvalue weighted by Crippen LogP contribution is 2.43. The fourth-order valence-electron chi connectivity index (χ4n) is 0.775. The van der Waals surface area contributed by atoms with Crippen LogP contribution in [0.5, 0.6) is 0 Å². The number of hydrogen-bond donors (Lipinski definition) is 3. The van der Waals surface area contributed by atoms with Gasteiger partial charge in [-0.2, -0.15) is 5.90 Å². The van der Waals surface area contributed by atoms with Crippen LogP contribution in [0.15, 0.2) is 0 Å². The minimum absolute atomic E-state index is 0.0698. The summed E-state index contributed by atoms with van der Waals surface area (Å²) in [4.78, 5) is 31.8. The van der Waals surface area contributed by atoms with Gasteiger partial charge in [0.1, 0.15) is 0 Å². The molecule has 0 aromatic heterocycles. The van der Waals surface area contributed by atoms with Gasteiger partial charge in [0.2, 0.25) is 0 Å². The van der Waals surface area contributed by atoms with Crippen LogP contribution in [0, 0.1) is 0 Å². The molecule has 7 heteroatoms. The zero-order valence-corrected chi connectivity index (χ0v) is 7.53. The first-order valence-corrected chi connectivity index (χ1v) is 5.07. The molecule has 0 fully saturated rings. The minimum Gasteiger partial charge on any atom is -0.373 e. The Morgan fingerprint density at radius 3 is 2.42 bits per heavy atom. The first-order chi connectivity index (χ1) is 5.43. The summed E-state index contributed by atoms with van der Waals surface area (Å²) in [7, 11) is -4.42. The fourth-order valence-corrected chi connectivity index (χ4v) is 1.71. The lowest BCUT2D eigenvalue weighted by atomic mass is 10.2. The van der Waals surface area contributed by atoms with E-state index in [0.717, 1.165) is 0 Å². The molecule has 0 aromatic rings. The zero-order valence-electron chi connectivity index (χ0n) is 6.64. The van der Waals surface area contributed by atoms with Crippen LogP contribution in [0.2, 0.25) is 0 Å². The van der Waals surface area contributed by atoms with Gasteiger partial charge in [-0.15, -0.1) is 0 Å². The molecule has 0 aliphatic heterocycles. The van der Waals surface area contributed by atoms with Crippen LogP contribution in [0.25, 0.3) is 0 Å². The highest BCUT2D eigenvalue weighted by atomic mass is 31.2. The van der Waals surface area contributed by atoms with Crippen LogP contribution < -0.4 is 5.90 Å². The second-order valence-corrected chi connectivity index (χ2v) is 4.13. The Morgan fingerprint density at radius 1 is 1.67 bits per heavy atom. The highest BCUT2D eigenvalue weighted by molar-refractivity contribution is 7.53. The third kappa shape index (κ3) is 3.32. The maximum Gasteiger partial charge on any atom is 0.339 e. The van der Waals surface area contributed by atoms with E-state index in [4.69, 9.17) is 9.79 Å². The minimum atomic E-state index is -4.42. The van der Waals surface area contributed by atoms with Gasteiger partial charge >= 0.3 is 13.6 Å². The van der Waals surface area contributed by atoms with Gasteiger partial charge in [-0.05, 0) is 6.42 Å². The van der Waals surface area contributed by atoms with Crippen molar-refractivity contribution < 1.29 is 24.0 Å². The molecule has 0 bridgehead atoms. The highest BCUT2D eigenvalue weighted by Gasteiger charge is 2.35. The molecule has 12 heavy (non-hydrogen) atoms. The largest absolute Gasteiger partial charge is 0.373 e. The first kappa shape index (κ1) is 11.6. The normalized spacial score (nSPS) is 14.0. The lowest BCUT2D eigenvalue weighted by Crippen LogP contribution is -2.25. The average Bonchev–Trinajstić information content (AvgIpc) is 1.96. The van der Waals surface area contributed by atoms with Crippen LogP contribution in [-0.2, 0) is 14.2 Å². The molecule has 1 unspecified atom stereocenters. The van der Waals surface area contributed by atoms with E-state index in [-0.39, 0.29) is 6.42 Å². The molecule has 0 saturated carbocycles. The molecular formula is C5H12NO5P. The fraction of sp³-hybridized carbons (Fsp3) is 0.800. The summed E-state index contributed by atoms with van der Waals surface area (Å²) >= 11 is 0. The van der Waals surface area contributed by atoms with E-state index in [0.29, 0.717) is 6.42 Å². The van der Waals surface area contributed by atoms with Crippen LogP contribution >= 0.6 is 7.60 Å². The van der Waals surface area contributed by atoms with E-state index in [1.54, 1.807) is 6.92 Å². The molecule has 6 nitrogen and oxygen atoms in total. The number of nitrogens with two attached hydrogens (primary N) is 1. The van der Waals surface area contributed by atoms with E-state index in [1.165, 1.54) is 0 Å². The average molecular weight is 197 g/mol. The Bertz CT molecular complexity index is 200. The van der Waals surface area contributed by atoms with Crippen LogP contribution in [-0.4, -0.2) is 21.4 Å². The van der Waals surface area contributed by atoms with Crippen molar-refractivity contribution in [2.75, 3.05) is 0 Å². The molecule has 0 spiro atoms. The maximum atomic E-state index is 10.7. The zero-order chi connectivity index (χ0) is 9.78. The molecule has 0 aromatic carbocycles. The van der Waals surface area contributed by atoms with E-state index >= 15 is 0 Å². The Hall–Kier alpha value is -0.420. The molecule has 4 N–H and O–H groups in total. The molecule has 0 saturated heterocycles. The monoisotopic (exact) mass is 197 g/mol. The number of rotatable bonds is 4. The van der Waals surface area contributed by atoms with Gasteiger partial charge in [-0.3, -0.25) is 4.57 Å². The van der Waals surface area contributed by atoms with Crippen molar-refractivity contribution in [2.45, 2.75) is 25.4 Å². The predicted molar refractivity (Wildman–Crippen MR) is 41.0 cm³/mol. The van der Waals surface area contributed by atoms with E-state index in [1.807, 2.05) is 0 Å². The summed E-state index contributed by atoms with van der Waals surface area (Å²) in [5.74, 6) is 3.44. The molecule has 72 valence electrons. The van der Waals surface area contributed by atoms with Gasteiger partial charge in [0.15, 0.2) is 5.66 Å². The second-order valence-electron chi connectivity index (χ2n) is 2.33. The molecule has 0 aliphatic carbocycles. The number of carbonyl (C=O) groups is 1. The SMILES string of the molecule is CCCC(C(=O)ON)P(=O)(O)O. The van der Waals surface area contributed by atoms with Crippen LogP contribution in [0.4, 0.5) is 0 Å². The van der Waals surface area contributed by atoms with E-state index in [2.05, 4.69) is 10.7 Å². The molecule has 0 heterocycles. The topological polar surface area (TPSA) is 110 Å². The molecule has 0 radical (unpaired) electrons. The molecule has 0 amide bonds. The smallest absolute Gasteiger partial charge is 0.339 e. The van der Waals surface area contributed by atoms with Crippen LogP contribution in [0.1, 0.15) is 19.8 Å². The summed E-state index contributed by atoms with van der Waals surface area (Å²) in [6, 6.07) is 0. The van der Waals surface area contributed by atoms with Crippen molar-refractivity contribution in [3.63, 3.8) is 0 Å². The molecule has 1 atom stereocenters. The van der Waals surface area contributed by atoms with Crippen molar-refractivity contribution in [1.29, 1.82) is 0 Å². The lowest BCUT2D eigenvalue weighted by Gasteiger charge is -2.13. The number of carbonyl (C=O) groups excluding carboxylic acids is 1. The Balaban J connectivity index is 4.44. The first-order valence-electron chi connectivity index (χ1n) is 3.39. The molecular weight excluding hydrogens is 185 g/mol. The Kier molecular flexibility index (Phi) is 4.41. The quantitative estimate of drug-likeness (QED) is 0.423. The summed E-state index contributed by atoms with van der Waals surface area (Å²) in [5, 5.41) is 0. The van der Waals surface area contributed by atoms with Gasteiger partial charge in [0.05, 0.1) is 0 Å². The molecule has 0 rings (SSSR count). The van der Waals surface area contributed by atoms with Crippen molar-refractivity contribution in [3.05, 3.63) is 0 Å². The van der Waals surface area contributed by atoms with Crippen molar-refractivity contribution >= 4 is 13.6 Å². The lowest BCUT2D eigenvalue weighted by molar-refractivity contribution is -0.144. The van der Waals surface area contributed by atoms with Gasteiger partial charge in [0.25, 0.3) is 0 Å². The second kappa shape index (κ2) is 4.57.